The van der Waals surface area contributed by atoms with Crippen LogP contribution in [0.2, 0.25) is 0 Å². The minimum absolute atomic E-state index is 0.577. The Kier molecular flexibility index (Phi) is 3.12. The first-order valence-corrected chi connectivity index (χ1v) is 5.70. The molecule has 1 aromatic carbocycles. The van der Waals surface area contributed by atoms with Gasteiger partial charge >= 0.3 is 0 Å². The smallest absolute Gasteiger partial charge is 0.101 e. The predicted octanol–water partition coefficient (Wildman–Crippen LogP) is 1.65. The standard InChI is InChI=1S/C13H17N3/c1-10-2-3-13(12(6-10)8-15)16-5-4-11(7-14)9-16/h2-3,6,11H,4-5,7,9,14H2,1H3. The van der Waals surface area contributed by atoms with E-state index in [0.29, 0.717) is 5.92 Å². The highest BCUT2D eigenvalue weighted by atomic mass is 15.2. The molecule has 0 aromatic heterocycles. The summed E-state index contributed by atoms with van der Waals surface area (Å²) < 4.78 is 0. The molecule has 0 spiro atoms. The number of nitrogens with zero attached hydrogens (tertiary/aromatic N) is 2. The van der Waals surface area contributed by atoms with Crippen molar-refractivity contribution in [2.45, 2.75) is 13.3 Å². The summed E-state index contributed by atoms with van der Waals surface area (Å²) >= 11 is 0. The Labute approximate surface area is 96.5 Å². The van der Waals surface area contributed by atoms with Gasteiger partial charge in [-0.2, -0.15) is 5.26 Å². The highest BCUT2D eigenvalue weighted by molar-refractivity contribution is 5.60. The molecule has 1 heterocycles. The second kappa shape index (κ2) is 4.54. The average Bonchev–Trinajstić information content (AvgIpc) is 2.77. The van der Waals surface area contributed by atoms with Gasteiger partial charge < -0.3 is 10.6 Å². The number of hydrogen-bond donors (Lipinski definition) is 1. The minimum Gasteiger partial charge on any atom is -0.370 e. The summed E-state index contributed by atoms with van der Waals surface area (Å²) in [4.78, 5) is 2.27. The van der Waals surface area contributed by atoms with Gasteiger partial charge in [0.2, 0.25) is 0 Å². The van der Waals surface area contributed by atoms with Gasteiger partial charge in [-0.1, -0.05) is 6.07 Å². The summed E-state index contributed by atoms with van der Waals surface area (Å²) in [6.07, 6.45) is 1.13. The van der Waals surface area contributed by atoms with Gasteiger partial charge in [0.15, 0.2) is 0 Å². The van der Waals surface area contributed by atoms with E-state index in [1.54, 1.807) is 0 Å². The lowest BCUT2D eigenvalue weighted by molar-refractivity contribution is 0.602. The maximum Gasteiger partial charge on any atom is 0.101 e. The summed E-state index contributed by atoms with van der Waals surface area (Å²) in [5.74, 6) is 0.577. The van der Waals surface area contributed by atoms with E-state index in [0.717, 1.165) is 42.9 Å². The molecule has 1 aliphatic heterocycles. The van der Waals surface area contributed by atoms with E-state index in [1.807, 2.05) is 19.1 Å². The van der Waals surface area contributed by atoms with Crippen molar-refractivity contribution in [2.24, 2.45) is 11.7 Å². The van der Waals surface area contributed by atoms with E-state index in [2.05, 4.69) is 17.0 Å². The number of nitrogens with two attached hydrogens (primary N) is 1. The first-order chi connectivity index (χ1) is 7.74. The van der Waals surface area contributed by atoms with Crippen LogP contribution in [-0.2, 0) is 0 Å². The fourth-order valence-corrected chi connectivity index (χ4v) is 2.26. The molecule has 84 valence electrons. The van der Waals surface area contributed by atoms with Crippen LogP contribution in [0.4, 0.5) is 5.69 Å². The molecule has 3 heteroatoms. The van der Waals surface area contributed by atoms with Crippen LogP contribution in [0.1, 0.15) is 17.5 Å². The van der Waals surface area contributed by atoms with Crippen molar-refractivity contribution in [3.8, 4) is 6.07 Å². The van der Waals surface area contributed by atoms with Crippen molar-refractivity contribution < 1.29 is 0 Å². The van der Waals surface area contributed by atoms with Gasteiger partial charge in [-0.25, -0.2) is 0 Å². The molecule has 0 bridgehead atoms. The van der Waals surface area contributed by atoms with E-state index in [-0.39, 0.29) is 0 Å². The van der Waals surface area contributed by atoms with Crippen molar-refractivity contribution in [1.82, 2.24) is 0 Å². The fraction of sp³-hybridized carbons (Fsp3) is 0.462. The minimum atomic E-state index is 0.577. The lowest BCUT2D eigenvalue weighted by atomic mass is 10.1. The Balaban J connectivity index is 2.25. The van der Waals surface area contributed by atoms with Crippen LogP contribution >= 0.6 is 0 Å². The molecule has 0 aliphatic carbocycles. The summed E-state index contributed by atoms with van der Waals surface area (Å²) in [5, 5.41) is 9.12. The number of aryl methyl sites for hydroxylation is 1. The molecule has 0 radical (unpaired) electrons. The molecule has 0 saturated carbocycles. The van der Waals surface area contributed by atoms with E-state index < -0.39 is 0 Å². The zero-order valence-corrected chi connectivity index (χ0v) is 9.61. The van der Waals surface area contributed by atoms with Crippen LogP contribution in [0.5, 0.6) is 0 Å². The van der Waals surface area contributed by atoms with Gasteiger partial charge in [-0.15, -0.1) is 0 Å². The normalized spacial score (nSPS) is 19.8. The van der Waals surface area contributed by atoms with Crippen molar-refractivity contribution in [1.29, 1.82) is 5.26 Å². The SMILES string of the molecule is Cc1ccc(N2CCC(CN)C2)c(C#N)c1. The highest BCUT2D eigenvalue weighted by Crippen LogP contribution is 2.27. The summed E-state index contributed by atoms with van der Waals surface area (Å²) in [6.45, 7) is 4.75. The number of rotatable bonds is 2. The van der Waals surface area contributed by atoms with Gasteiger partial charge in [0, 0.05) is 13.1 Å². The zero-order chi connectivity index (χ0) is 11.5. The monoisotopic (exact) mass is 215 g/mol. The summed E-state index contributed by atoms with van der Waals surface area (Å²) in [5.41, 5.74) is 8.65. The van der Waals surface area contributed by atoms with Crippen LogP contribution in [0, 0.1) is 24.2 Å². The lowest BCUT2D eigenvalue weighted by Crippen LogP contribution is -2.23. The Bertz CT molecular complexity index is 420. The third-order valence-electron chi connectivity index (χ3n) is 3.23. The Morgan fingerprint density at radius 3 is 3.00 bits per heavy atom. The molecule has 1 fully saturated rings. The molecular weight excluding hydrogens is 198 g/mol. The largest absolute Gasteiger partial charge is 0.370 e. The molecule has 1 atom stereocenters. The van der Waals surface area contributed by atoms with Crippen LogP contribution in [0.15, 0.2) is 18.2 Å². The maximum absolute atomic E-state index is 9.12. The molecule has 3 nitrogen and oxygen atoms in total. The third-order valence-corrected chi connectivity index (χ3v) is 3.23. The van der Waals surface area contributed by atoms with Crippen LogP contribution in [0.3, 0.4) is 0 Å². The number of hydrogen-bond acceptors (Lipinski definition) is 3. The van der Waals surface area contributed by atoms with Gasteiger partial charge in [-0.05, 0) is 43.5 Å². The topological polar surface area (TPSA) is 53.0 Å². The fourth-order valence-electron chi connectivity index (χ4n) is 2.26. The van der Waals surface area contributed by atoms with Gasteiger partial charge in [0.1, 0.15) is 6.07 Å². The molecule has 16 heavy (non-hydrogen) atoms. The first-order valence-electron chi connectivity index (χ1n) is 5.70. The van der Waals surface area contributed by atoms with E-state index in [9.17, 15) is 0 Å². The van der Waals surface area contributed by atoms with Crippen LogP contribution < -0.4 is 10.6 Å². The lowest BCUT2D eigenvalue weighted by Gasteiger charge is -2.20. The molecule has 1 aliphatic rings. The molecule has 1 aromatic rings. The molecule has 1 unspecified atom stereocenters. The maximum atomic E-state index is 9.12. The van der Waals surface area contributed by atoms with Gasteiger partial charge in [0.05, 0.1) is 11.3 Å². The Hall–Kier alpha value is -1.53. The third kappa shape index (κ3) is 2.02. The zero-order valence-electron chi connectivity index (χ0n) is 9.61. The van der Waals surface area contributed by atoms with Crippen LogP contribution in [0.25, 0.3) is 0 Å². The molecule has 2 rings (SSSR count). The molecular formula is C13H17N3. The van der Waals surface area contributed by atoms with Crippen molar-refractivity contribution in [3.63, 3.8) is 0 Å². The second-order valence-corrected chi connectivity index (χ2v) is 4.47. The predicted molar refractivity (Wildman–Crippen MR) is 65.3 cm³/mol. The van der Waals surface area contributed by atoms with E-state index in [1.165, 1.54) is 0 Å². The van der Waals surface area contributed by atoms with Crippen molar-refractivity contribution >= 4 is 5.69 Å². The molecule has 1 saturated heterocycles. The number of nitriles is 1. The van der Waals surface area contributed by atoms with Gasteiger partial charge in [0.25, 0.3) is 0 Å². The number of anilines is 1. The van der Waals surface area contributed by atoms with Crippen molar-refractivity contribution in [3.05, 3.63) is 29.3 Å². The average molecular weight is 215 g/mol. The second-order valence-electron chi connectivity index (χ2n) is 4.47. The summed E-state index contributed by atoms with van der Waals surface area (Å²) in [6, 6.07) is 8.33. The van der Waals surface area contributed by atoms with E-state index in [4.69, 9.17) is 11.0 Å². The Morgan fingerprint density at radius 1 is 1.56 bits per heavy atom. The first kappa shape index (κ1) is 11.0. The molecule has 0 amide bonds. The highest BCUT2D eigenvalue weighted by Gasteiger charge is 2.22. The summed E-state index contributed by atoms with van der Waals surface area (Å²) in [7, 11) is 0. The van der Waals surface area contributed by atoms with Crippen molar-refractivity contribution in [2.75, 3.05) is 24.5 Å². The number of benzene rings is 1. The van der Waals surface area contributed by atoms with Gasteiger partial charge in [-0.3, -0.25) is 0 Å². The quantitative estimate of drug-likeness (QED) is 0.816. The van der Waals surface area contributed by atoms with Crippen LogP contribution in [-0.4, -0.2) is 19.6 Å². The van der Waals surface area contributed by atoms with E-state index >= 15 is 0 Å². The Morgan fingerprint density at radius 2 is 2.38 bits per heavy atom. The molecule has 2 N–H and O–H groups in total.